The van der Waals surface area contributed by atoms with Gasteiger partial charge in [-0.25, -0.2) is 9.59 Å². The molecular formula is C14H25N3O4. The van der Waals surface area contributed by atoms with Crippen molar-refractivity contribution in [2.45, 2.75) is 51.6 Å². The monoisotopic (exact) mass is 299 g/mol. The van der Waals surface area contributed by atoms with E-state index in [1.54, 1.807) is 0 Å². The molecule has 3 atom stereocenters. The number of esters is 2. The van der Waals surface area contributed by atoms with Gasteiger partial charge in [0, 0.05) is 12.5 Å². The Bertz CT molecular complexity index is 398. The van der Waals surface area contributed by atoms with E-state index < -0.39 is 24.0 Å². The summed E-state index contributed by atoms with van der Waals surface area (Å²) in [5, 5.41) is 2.72. The molecule has 21 heavy (non-hydrogen) atoms. The van der Waals surface area contributed by atoms with Crippen LogP contribution < -0.4 is 16.8 Å². The Balaban J connectivity index is 2.43. The molecule has 0 aromatic rings. The zero-order chi connectivity index (χ0) is 16.0. The topological polar surface area (TPSA) is 125 Å². The lowest BCUT2D eigenvalue weighted by Gasteiger charge is -2.23. The Labute approximate surface area is 124 Å². The van der Waals surface area contributed by atoms with E-state index in [2.05, 4.69) is 5.32 Å². The van der Waals surface area contributed by atoms with E-state index in [1.165, 1.54) is 0 Å². The van der Waals surface area contributed by atoms with Gasteiger partial charge in [-0.15, -0.1) is 0 Å². The van der Waals surface area contributed by atoms with Crippen LogP contribution in [-0.4, -0.2) is 36.5 Å². The number of hydrogen-bond acceptors (Lipinski definition) is 6. The maximum atomic E-state index is 11.8. The number of piperidine rings is 1. The first-order chi connectivity index (χ1) is 9.81. The van der Waals surface area contributed by atoms with E-state index in [0.717, 1.165) is 6.42 Å². The largest absolute Gasteiger partial charge is 0.391 e. The van der Waals surface area contributed by atoms with Crippen molar-refractivity contribution in [1.82, 2.24) is 5.32 Å². The van der Waals surface area contributed by atoms with Crippen LogP contribution in [0.25, 0.3) is 0 Å². The van der Waals surface area contributed by atoms with Gasteiger partial charge in [0.2, 0.25) is 5.91 Å². The molecule has 0 unspecified atom stereocenters. The van der Waals surface area contributed by atoms with Gasteiger partial charge < -0.3 is 21.5 Å². The van der Waals surface area contributed by atoms with Crippen LogP contribution in [0.4, 0.5) is 0 Å². The fourth-order valence-corrected chi connectivity index (χ4v) is 2.32. The molecule has 1 fully saturated rings. The average molecular weight is 299 g/mol. The Morgan fingerprint density at radius 1 is 1.29 bits per heavy atom. The fraction of sp³-hybridized carbons (Fsp3) is 0.786. The SMILES string of the molecule is CC(C)C[C@H](N)C(=O)OC(=O)[C@@H](N)C[C@@H]1CCCNC1=O. The highest BCUT2D eigenvalue weighted by Crippen LogP contribution is 2.17. The Kier molecular flexibility index (Phi) is 6.77. The van der Waals surface area contributed by atoms with Crippen LogP contribution in [0.3, 0.4) is 0 Å². The second-order valence-electron chi connectivity index (χ2n) is 5.95. The number of carbonyl (C=O) groups is 3. The third kappa shape index (κ3) is 5.81. The van der Waals surface area contributed by atoms with E-state index >= 15 is 0 Å². The smallest absolute Gasteiger partial charge is 0.330 e. The third-order valence-corrected chi connectivity index (χ3v) is 3.47. The van der Waals surface area contributed by atoms with E-state index in [4.69, 9.17) is 16.2 Å². The van der Waals surface area contributed by atoms with E-state index in [9.17, 15) is 14.4 Å². The number of rotatable bonds is 6. The van der Waals surface area contributed by atoms with Gasteiger partial charge in [0.05, 0.1) is 0 Å². The highest BCUT2D eigenvalue weighted by atomic mass is 16.6. The molecule has 0 radical (unpaired) electrons. The van der Waals surface area contributed by atoms with Crippen molar-refractivity contribution in [2.75, 3.05) is 6.54 Å². The van der Waals surface area contributed by atoms with E-state index in [0.29, 0.717) is 19.4 Å². The molecule has 0 aliphatic carbocycles. The maximum Gasteiger partial charge on any atom is 0.330 e. The Hall–Kier alpha value is -1.47. The second-order valence-corrected chi connectivity index (χ2v) is 5.95. The predicted molar refractivity (Wildman–Crippen MR) is 76.9 cm³/mol. The minimum atomic E-state index is -0.992. The lowest BCUT2D eigenvalue weighted by Crippen LogP contribution is -2.44. The zero-order valence-corrected chi connectivity index (χ0v) is 12.6. The summed E-state index contributed by atoms with van der Waals surface area (Å²) in [6.07, 6.45) is 2.16. The summed E-state index contributed by atoms with van der Waals surface area (Å²) in [4.78, 5) is 35.0. The summed E-state index contributed by atoms with van der Waals surface area (Å²) in [5.41, 5.74) is 11.4. The summed E-state index contributed by atoms with van der Waals surface area (Å²) in [6.45, 7) is 4.49. The average Bonchev–Trinajstić information content (AvgIpc) is 2.40. The van der Waals surface area contributed by atoms with Crippen LogP contribution in [0.15, 0.2) is 0 Å². The van der Waals surface area contributed by atoms with Crippen molar-refractivity contribution >= 4 is 17.8 Å². The quantitative estimate of drug-likeness (QED) is 0.456. The Morgan fingerprint density at radius 2 is 1.90 bits per heavy atom. The Morgan fingerprint density at radius 3 is 2.48 bits per heavy atom. The van der Waals surface area contributed by atoms with Gasteiger partial charge in [0.25, 0.3) is 0 Å². The van der Waals surface area contributed by atoms with E-state index in [1.807, 2.05) is 13.8 Å². The molecule has 1 heterocycles. The fourth-order valence-electron chi connectivity index (χ4n) is 2.32. The van der Waals surface area contributed by atoms with Crippen molar-refractivity contribution in [2.24, 2.45) is 23.3 Å². The predicted octanol–water partition coefficient (Wildman–Crippen LogP) is -0.327. The maximum absolute atomic E-state index is 11.8. The van der Waals surface area contributed by atoms with Crippen molar-refractivity contribution in [3.63, 3.8) is 0 Å². The molecule has 1 amide bonds. The number of hydrogen-bond donors (Lipinski definition) is 3. The van der Waals surface area contributed by atoms with Crippen molar-refractivity contribution in [3.8, 4) is 0 Å². The number of nitrogens with one attached hydrogen (secondary N) is 1. The number of amides is 1. The van der Waals surface area contributed by atoms with Gasteiger partial charge >= 0.3 is 11.9 Å². The van der Waals surface area contributed by atoms with Crippen LogP contribution in [0.1, 0.15) is 39.5 Å². The molecule has 0 aromatic heterocycles. The van der Waals surface area contributed by atoms with Gasteiger partial charge in [-0.2, -0.15) is 0 Å². The minimum absolute atomic E-state index is 0.104. The van der Waals surface area contributed by atoms with Crippen molar-refractivity contribution in [3.05, 3.63) is 0 Å². The third-order valence-electron chi connectivity index (χ3n) is 3.47. The van der Waals surface area contributed by atoms with Gasteiger partial charge in [0.15, 0.2) is 0 Å². The summed E-state index contributed by atoms with van der Waals surface area (Å²) in [6, 6.07) is -1.83. The van der Waals surface area contributed by atoms with Gasteiger partial charge in [0.1, 0.15) is 12.1 Å². The molecule has 7 nitrogen and oxygen atoms in total. The molecule has 0 aromatic carbocycles. The van der Waals surface area contributed by atoms with Crippen molar-refractivity contribution in [1.29, 1.82) is 0 Å². The highest BCUT2D eigenvalue weighted by molar-refractivity contribution is 5.91. The molecule has 1 rings (SSSR count). The summed E-state index contributed by atoms with van der Waals surface area (Å²) < 4.78 is 4.69. The first-order valence-electron chi connectivity index (χ1n) is 7.35. The first-order valence-corrected chi connectivity index (χ1v) is 7.35. The molecule has 1 aliphatic rings. The molecule has 7 heteroatoms. The zero-order valence-electron chi connectivity index (χ0n) is 12.6. The number of ether oxygens (including phenoxy) is 1. The van der Waals surface area contributed by atoms with Crippen LogP contribution in [0, 0.1) is 11.8 Å². The summed E-state index contributed by atoms with van der Waals surface area (Å²) >= 11 is 0. The van der Waals surface area contributed by atoms with Crippen LogP contribution in [0.2, 0.25) is 0 Å². The summed E-state index contributed by atoms with van der Waals surface area (Å²) in [7, 11) is 0. The molecule has 120 valence electrons. The lowest BCUT2D eigenvalue weighted by atomic mass is 9.92. The van der Waals surface area contributed by atoms with Gasteiger partial charge in [-0.1, -0.05) is 13.8 Å². The standard InChI is InChI=1S/C14H25N3O4/c1-8(2)6-10(15)13(19)21-14(20)11(16)7-9-4-3-5-17-12(9)18/h8-11H,3-7,15-16H2,1-2H3,(H,17,18)/t9-,10-,11-/m0/s1. The second kappa shape index (κ2) is 8.09. The molecule has 0 bridgehead atoms. The first kappa shape index (κ1) is 17.6. The van der Waals surface area contributed by atoms with Crippen LogP contribution in [-0.2, 0) is 19.1 Å². The molecule has 0 saturated carbocycles. The molecule has 1 saturated heterocycles. The molecule has 5 N–H and O–H groups in total. The molecule has 1 aliphatic heterocycles. The van der Waals surface area contributed by atoms with E-state index in [-0.39, 0.29) is 24.2 Å². The van der Waals surface area contributed by atoms with Gasteiger partial charge in [-0.05, 0) is 31.6 Å². The highest BCUT2D eigenvalue weighted by Gasteiger charge is 2.29. The van der Waals surface area contributed by atoms with Gasteiger partial charge in [-0.3, -0.25) is 4.79 Å². The summed E-state index contributed by atoms with van der Waals surface area (Å²) in [5.74, 6) is -1.77. The number of carbonyl (C=O) groups excluding carboxylic acids is 3. The minimum Gasteiger partial charge on any atom is -0.391 e. The van der Waals surface area contributed by atoms with Crippen LogP contribution in [0.5, 0.6) is 0 Å². The normalized spacial score (nSPS) is 21.6. The number of nitrogens with two attached hydrogens (primary N) is 2. The molecular weight excluding hydrogens is 274 g/mol. The van der Waals surface area contributed by atoms with Crippen molar-refractivity contribution < 1.29 is 19.1 Å². The lowest BCUT2D eigenvalue weighted by molar-refractivity contribution is -0.162. The molecule has 0 spiro atoms. The van der Waals surface area contributed by atoms with Crippen LogP contribution >= 0.6 is 0 Å².